The zero-order chi connectivity index (χ0) is 17.6. The molecule has 0 saturated carbocycles. The number of benzene rings is 2. The summed E-state index contributed by atoms with van der Waals surface area (Å²) in [4.78, 5) is 11.1. The molecule has 0 bridgehead atoms. The van der Waals surface area contributed by atoms with Crippen LogP contribution in [0.1, 0.15) is 0 Å². The second kappa shape index (κ2) is 8.13. The molecule has 0 aromatic heterocycles. The third kappa shape index (κ3) is 4.70. The number of rotatable bonds is 8. The van der Waals surface area contributed by atoms with Crippen molar-refractivity contribution >= 4 is 27.5 Å². The van der Waals surface area contributed by atoms with Gasteiger partial charge in [0.15, 0.2) is 0 Å². The number of sulfonamides is 1. The lowest BCUT2D eigenvalue weighted by atomic mass is 10.3. The molecule has 0 fully saturated rings. The van der Waals surface area contributed by atoms with Crippen LogP contribution in [0.3, 0.4) is 0 Å². The second-order valence-corrected chi connectivity index (χ2v) is 7.56. The van der Waals surface area contributed by atoms with Gasteiger partial charge in [0.2, 0.25) is 10.0 Å². The summed E-state index contributed by atoms with van der Waals surface area (Å²) in [5.41, 5.74) is -0.231. The lowest BCUT2D eigenvalue weighted by Crippen LogP contribution is -2.26. The molecule has 2 rings (SSSR count). The molecule has 2 aromatic carbocycles. The van der Waals surface area contributed by atoms with E-state index in [1.54, 1.807) is 0 Å². The van der Waals surface area contributed by atoms with E-state index in [2.05, 4.69) is 4.72 Å². The Morgan fingerprint density at radius 2 is 1.92 bits per heavy atom. The van der Waals surface area contributed by atoms with Crippen molar-refractivity contribution in [2.75, 3.05) is 19.4 Å². The van der Waals surface area contributed by atoms with Crippen LogP contribution in [0.25, 0.3) is 0 Å². The van der Waals surface area contributed by atoms with Crippen LogP contribution in [0.4, 0.5) is 5.69 Å². The van der Waals surface area contributed by atoms with Crippen LogP contribution in [0.2, 0.25) is 0 Å². The molecule has 1 N–H and O–H groups in total. The maximum Gasteiger partial charge on any atom is 0.273 e. The molecular formula is C15H16N2O5S2. The molecule has 0 aliphatic rings. The molecule has 0 heterocycles. The average molecular weight is 368 g/mol. The molecule has 0 amide bonds. The minimum atomic E-state index is -3.81. The van der Waals surface area contributed by atoms with Crippen LogP contribution in [0, 0.1) is 10.1 Å². The number of non-ortho nitro benzene ring substituents is 1. The highest BCUT2D eigenvalue weighted by Gasteiger charge is 2.21. The lowest BCUT2D eigenvalue weighted by molar-refractivity contribution is -0.385. The van der Waals surface area contributed by atoms with Gasteiger partial charge in [-0.1, -0.05) is 18.2 Å². The van der Waals surface area contributed by atoms with Crippen LogP contribution >= 0.6 is 11.8 Å². The maximum absolute atomic E-state index is 12.3. The van der Waals surface area contributed by atoms with Gasteiger partial charge in [0.05, 0.1) is 18.1 Å². The monoisotopic (exact) mass is 368 g/mol. The fourth-order valence-electron chi connectivity index (χ4n) is 1.93. The molecule has 0 spiro atoms. The predicted octanol–water partition coefficient (Wildman–Crippen LogP) is 2.67. The standard InChI is InChI=1S/C15H16N2O5S2/c1-22-14-11-12(17(18)19)7-8-15(14)24(20,21)16-9-10-23-13-5-3-2-4-6-13/h2-8,11,16H,9-10H2,1H3. The number of nitrogens with zero attached hydrogens (tertiary/aromatic N) is 1. The van der Waals surface area contributed by atoms with E-state index in [-0.39, 0.29) is 22.9 Å². The SMILES string of the molecule is COc1cc([N+](=O)[O-])ccc1S(=O)(=O)NCCSc1ccccc1. The van der Waals surface area contributed by atoms with E-state index < -0.39 is 14.9 Å². The van der Waals surface area contributed by atoms with Gasteiger partial charge in [-0.2, -0.15) is 0 Å². The van der Waals surface area contributed by atoms with Crippen molar-refractivity contribution in [3.63, 3.8) is 0 Å². The summed E-state index contributed by atoms with van der Waals surface area (Å²) >= 11 is 1.53. The highest BCUT2D eigenvalue weighted by atomic mass is 32.2. The number of hydrogen-bond donors (Lipinski definition) is 1. The summed E-state index contributed by atoms with van der Waals surface area (Å²) in [6.07, 6.45) is 0. The van der Waals surface area contributed by atoms with Crippen molar-refractivity contribution in [3.05, 3.63) is 58.6 Å². The van der Waals surface area contributed by atoms with Crippen LogP contribution in [0.5, 0.6) is 5.75 Å². The largest absolute Gasteiger partial charge is 0.495 e. The van der Waals surface area contributed by atoms with E-state index in [0.29, 0.717) is 5.75 Å². The van der Waals surface area contributed by atoms with Gasteiger partial charge in [0.1, 0.15) is 10.6 Å². The third-order valence-electron chi connectivity index (χ3n) is 3.05. The maximum atomic E-state index is 12.3. The first-order valence-corrected chi connectivity index (χ1v) is 9.41. The molecule has 0 aliphatic carbocycles. The molecule has 7 nitrogen and oxygen atoms in total. The summed E-state index contributed by atoms with van der Waals surface area (Å²) in [5.74, 6) is 0.492. The summed E-state index contributed by atoms with van der Waals surface area (Å²) in [5, 5.41) is 10.8. The molecule has 24 heavy (non-hydrogen) atoms. The molecule has 9 heteroatoms. The van der Waals surface area contributed by atoms with Gasteiger partial charge in [-0.05, 0) is 18.2 Å². The van der Waals surface area contributed by atoms with Gasteiger partial charge < -0.3 is 4.74 Å². The van der Waals surface area contributed by atoms with Crippen LogP contribution in [-0.4, -0.2) is 32.7 Å². The Morgan fingerprint density at radius 3 is 2.54 bits per heavy atom. The first-order chi connectivity index (χ1) is 11.4. The normalized spacial score (nSPS) is 11.2. The zero-order valence-corrected chi connectivity index (χ0v) is 14.5. The Labute approximate surface area is 144 Å². The molecule has 2 aromatic rings. The van der Waals surface area contributed by atoms with Gasteiger partial charge in [-0.3, -0.25) is 10.1 Å². The third-order valence-corrected chi connectivity index (χ3v) is 5.57. The van der Waals surface area contributed by atoms with Crippen molar-refractivity contribution in [2.45, 2.75) is 9.79 Å². The van der Waals surface area contributed by atoms with Gasteiger partial charge >= 0.3 is 0 Å². The number of methoxy groups -OCH3 is 1. The number of ether oxygens (including phenoxy) is 1. The van der Waals surface area contributed by atoms with Crippen molar-refractivity contribution in [3.8, 4) is 5.75 Å². The fraction of sp³-hybridized carbons (Fsp3) is 0.200. The van der Waals surface area contributed by atoms with E-state index in [1.165, 1.54) is 24.9 Å². The average Bonchev–Trinajstić information content (AvgIpc) is 2.59. The van der Waals surface area contributed by atoms with Crippen LogP contribution in [0.15, 0.2) is 58.3 Å². The van der Waals surface area contributed by atoms with Crippen LogP contribution in [-0.2, 0) is 10.0 Å². The zero-order valence-electron chi connectivity index (χ0n) is 12.8. The highest BCUT2D eigenvalue weighted by Crippen LogP contribution is 2.28. The van der Waals surface area contributed by atoms with Gasteiger partial charge in [-0.15, -0.1) is 11.8 Å². The van der Waals surface area contributed by atoms with Gasteiger partial charge in [0.25, 0.3) is 5.69 Å². The first-order valence-electron chi connectivity index (χ1n) is 6.94. The summed E-state index contributed by atoms with van der Waals surface area (Å²) in [7, 11) is -2.54. The van der Waals surface area contributed by atoms with Crippen molar-refractivity contribution in [2.24, 2.45) is 0 Å². The smallest absolute Gasteiger partial charge is 0.273 e. The predicted molar refractivity (Wildman–Crippen MR) is 92.0 cm³/mol. The Morgan fingerprint density at radius 1 is 1.21 bits per heavy atom. The molecule has 0 saturated heterocycles. The minimum Gasteiger partial charge on any atom is -0.495 e. The van der Waals surface area contributed by atoms with Crippen molar-refractivity contribution in [1.29, 1.82) is 0 Å². The minimum absolute atomic E-state index is 0.0626. The first kappa shape index (κ1) is 18.2. The second-order valence-electron chi connectivity index (χ2n) is 4.65. The molecule has 0 radical (unpaired) electrons. The number of nitro benzene ring substituents is 1. The number of hydrogen-bond acceptors (Lipinski definition) is 6. The lowest BCUT2D eigenvalue weighted by Gasteiger charge is -2.10. The quantitative estimate of drug-likeness (QED) is 0.333. The molecule has 0 atom stereocenters. The van der Waals surface area contributed by atoms with E-state index >= 15 is 0 Å². The highest BCUT2D eigenvalue weighted by molar-refractivity contribution is 7.99. The number of nitrogens with one attached hydrogen (secondary N) is 1. The Balaban J connectivity index is 2.03. The number of nitro groups is 1. The molecule has 0 unspecified atom stereocenters. The van der Waals surface area contributed by atoms with E-state index in [4.69, 9.17) is 4.74 Å². The van der Waals surface area contributed by atoms with Crippen LogP contribution < -0.4 is 9.46 Å². The summed E-state index contributed by atoms with van der Waals surface area (Å²) < 4.78 is 32.1. The Kier molecular flexibility index (Phi) is 6.18. The summed E-state index contributed by atoms with van der Waals surface area (Å²) in [6.45, 7) is 0.224. The summed E-state index contributed by atoms with van der Waals surface area (Å²) in [6, 6.07) is 13.0. The molecule has 128 valence electrons. The van der Waals surface area contributed by atoms with Crippen molar-refractivity contribution < 1.29 is 18.1 Å². The van der Waals surface area contributed by atoms with Crippen molar-refractivity contribution in [1.82, 2.24) is 4.72 Å². The van der Waals surface area contributed by atoms with E-state index in [9.17, 15) is 18.5 Å². The number of thioether (sulfide) groups is 1. The molecular weight excluding hydrogens is 352 g/mol. The van der Waals surface area contributed by atoms with Gasteiger partial charge in [-0.25, -0.2) is 13.1 Å². The van der Waals surface area contributed by atoms with E-state index in [1.807, 2.05) is 30.3 Å². The fourth-order valence-corrected chi connectivity index (χ4v) is 4.03. The van der Waals surface area contributed by atoms with Gasteiger partial charge in [0, 0.05) is 23.3 Å². The van der Waals surface area contributed by atoms with E-state index in [0.717, 1.165) is 17.0 Å². The Bertz CT molecular complexity index is 810. The molecule has 0 aliphatic heterocycles. The topological polar surface area (TPSA) is 98.5 Å². The Hall–Kier alpha value is -2.10.